The maximum atomic E-state index is 13.0. The fraction of sp³-hybridized carbons (Fsp3) is 0.280. The summed E-state index contributed by atoms with van der Waals surface area (Å²) in [6.45, 7) is 8.41. The number of thioether (sulfide) groups is 1. The van der Waals surface area contributed by atoms with Crippen molar-refractivity contribution in [3.05, 3.63) is 86.6 Å². The number of allylic oxidation sites excluding steroid dienone is 1. The molecule has 0 bridgehead atoms. The van der Waals surface area contributed by atoms with E-state index in [1.54, 1.807) is 30.3 Å². The molecular formula is C25H25BrCl2N4O2S. The van der Waals surface area contributed by atoms with Crippen molar-refractivity contribution in [3.63, 3.8) is 0 Å². The van der Waals surface area contributed by atoms with Crippen LogP contribution in [-0.4, -0.2) is 32.2 Å². The van der Waals surface area contributed by atoms with Crippen molar-refractivity contribution in [2.24, 2.45) is 5.92 Å². The molecule has 3 rings (SSSR count). The van der Waals surface area contributed by atoms with Gasteiger partial charge in [0.05, 0.1) is 22.4 Å². The number of rotatable bonds is 11. The van der Waals surface area contributed by atoms with E-state index in [0.717, 1.165) is 4.47 Å². The highest BCUT2D eigenvalue weighted by molar-refractivity contribution is 9.10. The number of amides is 1. The molecule has 1 heterocycles. The summed E-state index contributed by atoms with van der Waals surface area (Å²) in [5, 5.41) is 13.1. The third-order valence-corrected chi connectivity index (χ3v) is 7.10. The summed E-state index contributed by atoms with van der Waals surface area (Å²) in [6, 6.07) is 11.6. The molecule has 0 saturated heterocycles. The molecule has 2 aromatic carbocycles. The Labute approximate surface area is 227 Å². The lowest BCUT2D eigenvalue weighted by Gasteiger charge is -2.21. The predicted molar refractivity (Wildman–Crippen MR) is 146 cm³/mol. The van der Waals surface area contributed by atoms with E-state index in [0.29, 0.717) is 40.1 Å². The summed E-state index contributed by atoms with van der Waals surface area (Å²) in [5.74, 6) is 0.727. The summed E-state index contributed by atoms with van der Waals surface area (Å²) in [5.41, 5.74) is 0.954. The molecule has 0 aliphatic rings. The fourth-order valence-electron chi connectivity index (χ4n) is 3.42. The summed E-state index contributed by atoms with van der Waals surface area (Å²) in [7, 11) is 0. The molecule has 6 nitrogen and oxygen atoms in total. The quantitative estimate of drug-likeness (QED) is 0.146. The van der Waals surface area contributed by atoms with Crippen LogP contribution >= 0.6 is 50.9 Å². The third kappa shape index (κ3) is 7.43. The van der Waals surface area contributed by atoms with Crippen molar-refractivity contribution in [2.75, 3.05) is 5.75 Å². The lowest BCUT2D eigenvalue weighted by Crippen LogP contribution is -2.32. The van der Waals surface area contributed by atoms with Gasteiger partial charge in [-0.15, -0.1) is 16.8 Å². The lowest BCUT2D eigenvalue weighted by atomic mass is 10.0. The van der Waals surface area contributed by atoms with Crippen LogP contribution in [0.2, 0.25) is 10.0 Å². The first-order valence-electron chi connectivity index (χ1n) is 10.9. The number of carbonyl (C=O) groups excluding carboxylic acids is 2. The van der Waals surface area contributed by atoms with Crippen LogP contribution in [0.4, 0.5) is 0 Å². The van der Waals surface area contributed by atoms with Gasteiger partial charge in [0.2, 0.25) is 0 Å². The molecule has 1 N–H and O–H groups in total. The lowest BCUT2D eigenvalue weighted by molar-refractivity contribution is 0.0928. The normalized spacial score (nSPS) is 11.9. The molecule has 0 aliphatic carbocycles. The van der Waals surface area contributed by atoms with E-state index in [1.807, 2.05) is 16.7 Å². The van der Waals surface area contributed by atoms with Gasteiger partial charge in [-0.05, 0) is 42.7 Å². The number of aromatic nitrogens is 3. The monoisotopic (exact) mass is 594 g/mol. The zero-order valence-corrected chi connectivity index (χ0v) is 23.2. The average molecular weight is 596 g/mol. The fourth-order valence-corrected chi connectivity index (χ4v) is 5.03. The molecule has 3 aromatic rings. The van der Waals surface area contributed by atoms with Crippen LogP contribution in [0.15, 0.2) is 64.7 Å². The molecule has 1 amide bonds. The Hall–Kier alpha value is -2.13. The van der Waals surface area contributed by atoms with Crippen LogP contribution < -0.4 is 5.32 Å². The molecule has 35 heavy (non-hydrogen) atoms. The summed E-state index contributed by atoms with van der Waals surface area (Å²) >= 11 is 16.9. The van der Waals surface area contributed by atoms with Crippen LogP contribution in [0.5, 0.6) is 0 Å². The van der Waals surface area contributed by atoms with Crippen LogP contribution in [0, 0.1) is 5.92 Å². The molecule has 0 fully saturated rings. The molecule has 0 unspecified atom stereocenters. The standard InChI is InChI=1S/C25H25BrCl2N4O2S/c1-4-11-32-23(30-31-25(32)35-14-22(33)16-5-7-17(26)8-6-16)21(12-15(2)3)29-24(34)19-10-9-18(27)13-20(19)28/h4-10,13,15,21H,1,11-12,14H2,2-3H3,(H,29,34)/t21-/m0/s1. The molecule has 0 radical (unpaired) electrons. The van der Waals surface area contributed by atoms with Crippen molar-refractivity contribution in [2.45, 2.75) is 38.0 Å². The predicted octanol–water partition coefficient (Wildman–Crippen LogP) is 7.03. The number of hydrogen-bond donors (Lipinski definition) is 1. The van der Waals surface area contributed by atoms with Crippen LogP contribution in [0.1, 0.15) is 52.9 Å². The van der Waals surface area contributed by atoms with Crippen molar-refractivity contribution in [3.8, 4) is 0 Å². The summed E-state index contributed by atoms with van der Waals surface area (Å²) in [6.07, 6.45) is 2.37. The van der Waals surface area contributed by atoms with E-state index >= 15 is 0 Å². The van der Waals surface area contributed by atoms with Crippen molar-refractivity contribution < 1.29 is 9.59 Å². The largest absolute Gasteiger partial charge is 0.342 e. The highest BCUT2D eigenvalue weighted by Crippen LogP contribution is 2.27. The van der Waals surface area contributed by atoms with E-state index < -0.39 is 6.04 Å². The minimum absolute atomic E-state index is 0.0124. The molecule has 184 valence electrons. The minimum Gasteiger partial charge on any atom is -0.342 e. The number of halogens is 3. The number of benzene rings is 2. The van der Waals surface area contributed by atoms with Gasteiger partial charge in [-0.2, -0.15) is 0 Å². The number of ketones is 1. The van der Waals surface area contributed by atoms with Gasteiger partial charge in [-0.3, -0.25) is 9.59 Å². The smallest absolute Gasteiger partial charge is 0.253 e. The van der Waals surface area contributed by atoms with Gasteiger partial charge in [-0.1, -0.05) is 82.9 Å². The second kappa shape index (κ2) is 12.7. The van der Waals surface area contributed by atoms with E-state index in [-0.39, 0.29) is 28.4 Å². The second-order valence-electron chi connectivity index (χ2n) is 8.24. The van der Waals surface area contributed by atoms with Crippen molar-refractivity contribution in [1.29, 1.82) is 0 Å². The van der Waals surface area contributed by atoms with Gasteiger partial charge in [0.25, 0.3) is 5.91 Å². The zero-order valence-electron chi connectivity index (χ0n) is 19.3. The van der Waals surface area contributed by atoms with Gasteiger partial charge in [0, 0.05) is 21.6 Å². The van der Waals surface area contributed by atoms with E-state index in [1.165, 1.54) is 17.8 Å². The number of nitrogens with one attached hydrogen (secondary N) is 1. The first-order valence-corrected chi connectivity index (χ1v) is 13.4. The molecule has 1 aromatic heterocycles. The molecular weight excluding hydrogens is 571 g/mol. The van der Waals surface area contributed by atoms with Crippen LogP contribution in [0.3, 0.4) is 0 Å². The highest BCUT2D eigenvalue weighted by atomic mass is 79.9. The number of carbonyl (C=O) groups is 2. The molecule has 0 aliphatic heterocycles. The van der Waals surface area contributed by atoms with Gasteiger partial charge < -0.3 is 9.88 Å². The SMILES string of the molecule is C=CCn1c(SCC(=O)c2ccc(Br)cc2)nnc1[C@H](CC(C)C)NC(=O)c1ccc(Cl)cc1Cl. The van der Waals surface area contributed by atoms with E-state index in [4.69, 9.17) is 23.2 Å². The number of Topliss-reactive ketones (excluding diaryl/α,β-unsaturated/α-hetero) is 1. The molecule has 1 atom stereocenters. The third-order valence-electron chi connectivity index (χ3n) is 5.06. The zero-order chi connectivity index (χ0) is 25.5. The van der Waals surface area contributed by atoms with Gasteiger partial charge in [0.15, 0.2) is 16.8 Å². The summed E-state index contributed by atoms with van der Waals surface area (Å²) < 4.78 is 2.79. The topological polar surface area (TPSA) is 76.9 Å². The maximum Gasteiger partial charge on any atom is 0.253 e. The van der Waals surface area contributed by atoms with Gasteiger partial charge >= 0.3 is 0 Å². The van der Waals surface area contributed by atoms with Crippen LogP contribution in [-0.2, 0) is 6.54 Å². The van der Waals surface area contributed by atoms with E-state index in [9.17, 15) is 9.59 Å². The van der Waals surface area contributed by atoms with Crippen molar-refractivity contribution in [1.82, 2.24) is 20.1 Å². The van der Waals surface area contributed by atoms with Crippen LogP contribution in [0.25, 0.3) is 0 Å². The Morgan fingerprint density at radius 3 is 2.51 bits per heavy atom. The van der Waals surface area contributed by atoms with Gasteiger partial charge in [0.1, 0.15) is 0 Å². The number of nitrogens with zero attached hydrogens (tertiary/aromatic N) is 3. The Morgan fingerprint density at radius 1 is 1.17 bits per heavy atom. The average Bonchev–Trinajstić information content (AvgIpc) is 3.19. The molecule has 10 heteroatoms. The van der Waals surface area contributed by atoms with E-state index in [2.05, 4.69) is 51.9 Å². The Kier molecular flexibility index (Phi) is 9.98. The Balaban J connectivity index is 1.83. The minimum atomic E-state index is -0.418. The highest BCUT2D eigenvalue weighted by Gasteiger charge is 2.25. The number of hydrogen-bond acceptors (Lipinski definition) is 5. The first kappa shape index (κ1) is 27.5. The summed E-state index contributed by atoms with van der Waals surface area (Å²) in [4.78, 5) is 25.7. The van der Waals surface area contributed by atoms with Gasteiger partial charge in [-0.25, -0.2) is 0 Å². The Bertz CT molecular complexity index is 1210. The van der Waals surface area contributed by atoms with Crippen molar-refractivity contribution >= 4 is 62.6 Å². The molecule has 0 spiro atoms. The second-order valence-corrected chi connectivity index (χ2v) is 10.9. The first-order chi connectivity index (χ1) is 16.7. The maximum absolute atomic E-state index is 13.0. The Morgan fingerprint density at radius 2 is 1.89 bits per heavy atom. The molecule has 0 saturated carbocycles.